The summed E-state index contributed by atoms with van der Waals surface area (Å²) < 4.78 is 3.79. The van der Waals surface area contributed by atoms with Crippen LogP contribution in [0.4, 0.5) is 0 Å². The van der Waals surface area contributed by atoms with Crippen molar-refractivity contribution in [2.24, 2.45) is 0 Å². The van der Waals surface area contributed by atoms with Gasteiger partial charge in [0.1, 0.15) is 6.54 Å². The zero-order chi connectivity index (χ0) is 20.7. The summed E-state index contributed by atoms with van der Waals surface area (Å²) in [5.41, 5.74) is 5.23. The number of carbonyl (C=O) groups excluding carboxylic acids is 1. The number of fused-ring (bicyclic) bond motifs is 1. The molecule has 1 aliphatic carbocycles. The fourth-order valence-corrected chi connectivity index (χ4v) is 4.10. The van der Waals surface area contributed by atoms with Crippen molar-refractivity contribution < 1.29 is 4.79 Å². The van der Waals surface area contributed by atoms with Crippen LogP contribution in [0.25, 0.3) is 16.7 Å². The first-order chi connectivity index (χ1) is 14.6. The standard InChI is InChI=1S/C24H25N5O/c1-16(18-7-9-20(10-8-18)28-13-3-4-14-28)26-22(30)15-29-24-23(17(2)27-29)21(11-12-25-24)19-5-6-19/h3-4,7-14,16,19H,5-6,15H2,1-2H3,(H,26,30). The second-order valence-electron chi connectivity index (χ2n) is 8.09. The first-order valence-electron chi connectivity index (χ1n) is 10.4. The van der Waals surface area contributed by atoms with Crippen LogP contribution in [-0.2, 0) is 11.3 Å². The summed E-state index contributed by atoms with van der Waals surface area (Å²) in [5, 5.41) is 8.81. The Bertz CT molecular complexity index is 1190. The summed E-state index contributed by atoms with van der Waals surface area (Å²) in [6.07, 6.45) is 8.31. The van der Waals surface area contributed by atoms with Gasteiger partial charge in [0, 0.05) is 29.7 Å². The molecular weight excluding hydrogens is 374 g/mol. The highest BCUT2D eigenvalue weighted by Gasteiger charge is 2.27. The second kappa shape index (κ2) is 7.44. The largest absolute Gasteiger partial charge is 0.348 e. The molecule has 3 aromatic heterocycles. The summed E-state index contributed by atoms with van der Waals surface area (Å²) in [4.78, 5) is 17.2. The molecule has 3 heterocycles. The van der Waals surface area contributed by atoms with E-state index in [9.17, 15) is 4.79 Å². The van der Waals surface area contributed by atoms with Gasteiger partial charge in [0.25, 0.3) is 0 Å². The predicted octanol–water partition coefficient (Wildman–Crippen LogP) is 4.29. The van der Waals surface area contributed by atoms with E-state index in [0.29, 0.717) is 5.92 Å². The molecule has 1 unspecified atom stereocenters. The minimum atomic E-state index is -0.0888. The van der Waals surface area contributed by atoms with Crippen LogP contribution in [0.3, 0.4) is 0 Å². The number of rotatable bonds is 6. The predicted molar refractivity (Wildman–Crippen MR) is 117 cm³/mol. The lowest BCUT2D eigenvalue weighted by atomic mass is 10.1. The lowest BCUT2D eigenvalue weighted by molar-refractivity contribution is -0.122. The Balaban J connectivity index is 1.30. The molecule has 152 valence electrons. The number of amides is 1. The van der Waals surface area contributed by atoms with Crippen molar-refractivity contribution in [1.82, 2.24) is 24.6 Å². The summed E-state index contributed by atoms with van der Waals surface area (Å²) >= 11 is 0. The van der Waals surface area contributed by atoms with Gasteiger partial charge in [-0.05, 0) is 74.1 Å². The van der Waals surface area contributed by atoms with Crippen molar-refractivity contribution in [2.45, 2.75) is 45.2 Å². The molecule has 0 aliphatic heterocycles. The Morgan fingerprint density at radius 3 is 2.60 bits per heavy atom. The fourth-order valence-electron chi connectivity index (χ4n) is 4.10. The number of carbonyl (C=O) groups is 1. The van der Waals surface area contributed by atoms with Crippen LogP contribution in [0.1, 0.15) is 48.5 Å². The molecule has 0 spiro atoms. The first kappa shape index (κ1) is 18.6. The Labute approximate surface area is 175 Å². The first-order valence-corrected chi connectivity index (χ1v) is 10.4. The van der Waals surface area contributed by atoms with Crippen LogP contribution in [0.2, 0.25) is 0 Å². The molecule has 1 aliphatic rings. The van der Waals surface area contributed by atoms with Gasteiger partial charge in [-0.3, -0.25) is 4.79 Å². The summed E-state index contributed by atoms with van der Waals surface area (Å²) in [5.74, 6) is 0.551. The van der Waals surface area contributed by atoms with Crippen LogP contribution in [0.5, 0.6) is 0 Å². The molecular formula is C24H25N5O. The van der Waals surface area contributed by atoms with Gasteiger partial charge in [0.2, 0.25) is 5.91 Å². The number of pyridine rings is 1. The van der Waals surface area contributed by atoms with Crippen molar-refractivity contribution in [3.05, 3.63) is 77.9 Å². The van der Waals surface area contributed by atoms with Crippen LogP contribution in [0.15, 0.2) is 61.1 Å². The molecule has 0 bridgehead atoms. The molecule has 1 amide bonds. The lowest BCUT2D eigenvalue weighted by Gasteiger charge is -2.15. The molecule has 1 saturated carbocycles. The number of hydrogen-bond donors (Lipinski definition) is 1. The molecule has 30 heavy (non-hydrogen) atoms. The number of benzene rings is 1. The third-order valence-electron chi connectivity index (χ3n) is 5.82. The van der Waals surface area contributed by atoms with Crippen molar-refractivity contribution in [2.75, 3.05) is 0 Å². The summed E-state index contributed by atoms with van der Waals surface area (Å²) in [7, 11) is 0. The van der Waals surface area contributed by atoms with Gasteiger partial charge in [0.05, 0.1) is 11.7 Å². The molecule has 1 fully saturated rings. The lowest BCUT2D eigenvalue weighted by Crippen LogP contribution is -2.30. The Hall–Kier alpha value is -3.41. The maximum absolute atomic E-state index is 12.7. The Morgan fingerprint density at radius 1 is 1.17 bits per heavy atom. The van der Waals surface area contributed by atoms with Gasteiger partial charge in [-0.15, -0.1) is 0 Å². The third kappa shape index (κ3) is 3.49. The number of nitrogens with zero attached hydrogens (tertiary/aromatic N) is 4. The normalized spacial score (nSPS) is 14.7. The van der Waals surface area contributed by atoms with E-state index in [2.05, 4.69) is 50.3 Å². The van der Waals surface area contributed by atoms with Crippen LogP contribution in [-0.4, -0.2) is 25.2 Å². The minimum Gasteiger partial charge on any atom is -0.348 e. The van der Waals surface area contributed by atoms with Gasteiger partial charge in [0.15, 0.2) is 5.65 Å². The number of aryl methyl sites for hydroxylation is 1. The molecule has 6 nitrogen and oxygen atoms in total. The van der Waals surface area contributed by atoms with Crippen LogP contribution < -0.4 is 5.32 Å². The maximum atomic E-state index is 12.7. The van der Waals surface area contributed by atoms with Gasteiger partial charge in [-0.25, -0.2) is 9.67 Å². The molecule has 1 N–H and O–H groups in total. The molecule has 0 saturated heterocycles. The maximum Gasteiger partial charge on any atom is 0.242 e. The van der Waals surface area contributed by atoms with Crippen LogP contribution >= 0.6 is 0 Å². The highest BCUT2D eigenvalue weighted by atomic mass is 16.2. The molecule has 5 rings (SSSR count). The van der Waals surface area contributed by atoms with Crippen molar-refractivity contribution >= 4 is 16.9 Å². The SMILES string of the molecule is Cc1nn(CC(=O)NC(C)c2ccc(-n3cccc3)cc2)c2nccc(C3CC3)c12. The van der Waals surface area contributed by atoms with Crippen molar-refractivity contribution in [3.8, 4) is 5.69 Å². The van der Waals surface area contributed by atoms with E-state index >= 15 is 0 Å². The van der Waals surface area contributed by atoms with Crippen molar-refractivity contribution in [1.29, 1.82) is 0 Å². The topological polar surface area (TPSA) is 64.7 Å². The Morgan fingerprint density at radius 2 is 1.90 bits per heavy atom. The van der Waals surface area contributed by atoms with E-state index in [4.69, 9.17) is 0 Å². The average molecular weight is 399 g/mol. The Kier molecular flexibility index (Phi) is 4.62. The summed E-state index contributed by atoms with van der Waals surface area (Å²) in [6, 6.07) is 14.2. The smallest absolute Gasteiger partial charge is 0.242 e. The third-order valence-corrected chi connectivity index (χ3v) is 5.82. The fraction of sp³-hybridized carbons (Fsp3) is 0.292. The van der Waals surface area contributed by atoms with E-state index < -0.39 is 0 Å². The van der Waals surface area contributed by atoms with Crippen LogP contribution in [0, 0.1) is 6.92 Å². The average Bonchev–Trinajstić information content (AvgIpc) is 3.36. The molecule has 4 aromatic rings. The molecule has 1 aromatic carbocycles. The highest BCUT2D eigenvalue weighted by molar-refractivity contribution is 5.85. The molecule has 1 atom stereocenters. The second-order valence-corrected chi connectivity index (χ2v) is 8.09. The zero-order valence-electron chi connectivity index (χ0n) is 17.2. The van der Waals surface area contributed by atoms with Gasteiger partial charge in [-0.2, -0.15) is 5.10 Å². The monoisotopic (exact) mass is 399 g/mol. The summed E-state index contributed by atoms with van der Waals surface area (Å²) in [6.45, 7) is 4.16. The van der Waals surface area contributed by atoms with E-state index in [-0.39, 0.29) is 18.5 Å². The van der Waals surface area contributed by atoms with Gasteiger partial charge < -0.3 is 9.88 Å². The minimum absolute atomic E-state index is 0.0694. The van der Waals surface area contributed by atoms with Gasteiger partial charge in [-0.1, -0.05) is 12.1 Å². The van der Waals surface area contributed by atoms with Crippen molar-refractivity contribution in [3.63, 3.8) is 0 Å². The van der Waals surface area contributed by atoms with E-state index in [1.165, 1.54) is 18.4 Å². The molecule has 6 heteroatoms. The zero-order valence-corrected chi connectivity index (χ0v) is 17.2. The van der Waals surface area contributed by atoms with E-state index in [1.54, 1.807) is 4.68 Å². The quantitative estimate of drug-likeness (QED) is 0.526. The van der Waals surface area contributed by atoms with Gasteiger partial charge >= 0.3 is 0 Å². The van der Waals surface area contributed by atoms with E-state index in [0.717, 1.165) is 28.0 Å². The number of nitrogens with one attached hydrogen (secondary N) is 1. The molecule has 0 radical (unpaired) electrons. The van der Waals surface area contributed by atoms with E-state index in [1.807, 2.05) is 44.6 Å². The highest BCUT2D eigenvalue weighted by Crippen LogP contribution is 2.43. The number of aromatic nitrogens is 4. The number of hydrogen-bond acceptors (Lipinski definition) is 3.